The number of rotatable bonds is 4. The molecule has 2 rings (SSSR count). The van der Waals surface area contributed by atoms with Crippen LogP contribution in [0.4, 0.5) is 0 Å². The van der Waals surface area contributed by atoms with Gasteiger partial charge in [-0.2, -0.15) is 0 Å². The van der Waals surface area contributed by atoms with E-state index in [0.29, 0.717) is 17.0 Å². The van der Waals surface area contributed by atoms with Gasteiger partial charge in [0.1, 0.15) is 18.1 Å². The van der Waals surface area contributed by atoms with E-state index in [1.54, 1.807) is 37.0 Å². The molecule has 1 heterocycles. The number of nitrogens with two attached hydrogens (primary N) is 1. The normalized spacial score (nSPS) is 11.5. The molecule has 2 N–H and O–H groups in total. The molecule has 0 saturated heterocycles. The van der Waals surface area contributed by atoms with E-state index in [4.69, 9.17) is 9.88 Å². The Morgan fingerprint density at radius 3 is 2.68 bits per heavy atom. The molecular weight excluding hydrogens is 268 g/mol. The topological polar surface area (TPSA) is 100 Å². The van der Waals surface area contributed by atoms with Crippen molar-refractivity contribution in [1.29, 1.82) is 0 Å². The molecule has 8 heteroatoms. The standard InChI is InChI=1S/C11H14N4O3S/c1-8-5-10(3-4-11(8)19(12,16)17)18-7-9-6-15(2)14-13-9/h3-6H,7H2,1-2H3,(H2,12,16,17). The average molecular weight is 282 g/mol. The molecule has 0 aliphatic carbocycles. The van der Waals surface area contributed by atoms with Crippen LogP contribution in [0.15, 0.2) is 29.3 Å². The van der Waals surface area contributed by atoms with Gasteiger partial charge < -0.3 is 4.74 Å². The number of aryl methyl sites for hydroxylation is 2. The molecule has 0 radical (unpaired) electrons. The fourth-order valence-corrected chi connectivity index (χ4v) is 2.42. The number of hydrogen-bond donors (Lipinski definition) is 1. The summed E-state index contributed by atoms with van der Waals surface area (Å²) in [6.07, 6.45) is 1.74. The summed E-state index contributed by atoms with van der Waals surface area (Å²) in [7, 11) is -1.93. The molecule has 0 atom stereocenters. The molecule has 1 aromatic carbocycles. The fourth-order valence-electron chi connectivity index (χ4n) is 1.65. The second-order valence-corrected chi connectivity index (χ2v) is 5.67. The zero-order chi connectivity index (χ0) is 14.0. The van der Waals surface area contributed by atoms with Gasteiger partial charge in [0.05, 0.1) is 11.1 Å². The molecular formula is C11H14N4O3S. The van der Waals surface area contributed by atoms with Crippen LogP contribution < -0.4 is 9.88 Å². The summed E-state index contributed by atoms with van der Waals surface area (Å²) in [5.41, 5.74) is 1.23. The Balaban J connectivity index is 2.12. The van der Waals surface area contributed by atoms with Crippen molar-refractivity contribution in [2.75, 3.05) is 0 Å². The summed E-state index contributed by atoms with van der Waals surface area (Å²) < 4.78 is 29.6. The lowest BCUT2D eigenvalue weighted by Crippen LogP contribution is -2.13. The number of primary sulfonamides is 1. The van der Waals surface area contributed by atoms with Crippen LogP contribution in [0.2, 0.25) is 0 Å². The number of nitrogens with zero attached hydrogens (tertiary/aromatic N) is 3. The minimum absolute atomic E-state index is 0.0966. The molecule has 7 nitrogen and oxygen atoms in total. The lowest BCUT2D eigenvalue weighted by molar-refractivity contribution is 0.300. The minimum Gasteiger partial charge on any atom is -0.487 e. The zero-order valence-electron chi connectivity index (χ0n) is 10.6. The van der Waals surface area contributed by atoms with Gasteiger partial charge in [0.25, 0.3) is 0 Å². The van der Waals surface area contributed by atoms with Gasteiger partial charge in [0, 0.05) is 7.05 Å². The Hall–Kier alpha value is -1.93. The zero-order valence-corrected chi connectivity index (χ0v) is 11.4. The number of benzene rings is 1. The fraction of sp³-hybridized carbons (Fsp3) is 0.273. The molecule has 0 amide bonds. The van der Waals surface area contributed by atoms with Gasteiger partial charge in [-0.05, 0) is 30.7 Å². The van der Waals surface area contributed by atoms with Crippen molar-refractivity contribution in [3.63, 3.8) is 0 Å². The first kappa shape index (κ1) is 13.5. The van der Waals surface area contributed by atoms with Crippen molar-refractivity contribution in [3.05, 3.63) is 35.7 Å². The van der Waals surface area contributed by atoms with Crippen LogP contribution in [-0.2, 0) is 23.7 Å². The Labute approximate surface area is 111 Å². The maximum Gasteiger partial charge on any atom is 0.238 e. The number of ether oxygens (including phenoxy) is 1. The molecule has 1 aromatic heterocycles. The first-order chi connectivity index (χ1) is 8.86. The number of hydrogen-bond acceptors (Lipinski definition) is 5. The van der Waals surface area contributed by atoms with Crippen molar-refractivity contribution >= 4 is 10.0 Å². The quantitative estimate of drug-likeness (QED) is 0.872. The van der Waals surface area contributed by atoms with Crippen LogP contribution in [0.1, 0.15) is 11.3 Å². The van der Waals surface area contributed by atoms with E-state index < -0.39 is 10.0 Å². The number of sulfonamides is 1. The summed E-state index contributed by atoms with van der Waals surface area (Å²) in [6.45, 7) is 1.93. The van der Waals surface area contributed by atoms with Crippen LogP contribution in [-0.4, -0.2) is 23.4 Å². The average Bonchev–Trinajstić information content (AvgIpc) is 2.71. The van der Waals surface area contributed by atoms with E-state index in [0.717, 1.165) is 0 Å². The van der Waals surface area contributed by atoms with Crippen LogP contribution in [0, 0.1) is 6.92 Å². The van der Waals surface area contributed by atoms with Gasteiger partial charge in [-0.3, -0.25) is 4.68 Å². The van der Waals surface area contributed by atoms with Crippen LogP contribution >= 0.6 is 0 Å². The van der Waals surface area contributed by atoms with Crippen molar-refractivity contribution in [2.24, 2.45) is 12.2 Å². The summed E-state index contributed by atoms with van der Waals surface area (Å²) in [5, 5.41) is 12.8. The lowest BCUT2D eigenvalue weighted by Gasteiger charge is -2.07. The van der Waals surface area contributed by atoms with Gasteiger partial charge in [-0.15, -0.1) is 5.10 Å². The Kier molecular flexibility index (Phi) is 3.54. The van der Waals surface area contributed by atoms with Gasteiger partial charge in [0.15, 0.2) is 0 Å². The van der Waals surface area contributed by atoms with Gasteiger partial charge in [-0.25, -0.2) is 13.6 Å². The Morgan fingerprint density at radius 2 is 2.16 bits per heavy atom. The third-order valence-electron chi connectivity index (χ3n) is 2.49. The van der Waals surface area contributed by atoms with E-state index in [1.165, 1.54) is 6.07 Å². The molecule has 0 unspecified atom stereocenters. The van der Waals surface area contributed by atoms with Crippen molar-refractivity contribution in [1.82, 2.24) is 15.0 Å². The molecule has 0 aliphatic rings. The predicted octanol–water partition coefficient (Wildman–Crippen LogP) is 0.350. The second-order valence-electron chi connectivity index (χ2n) is 4.14. The minimum atomic E-state index is -3.70. The van der Waals surface area contributed by atoms with Crippen molar-refractivity contribution < 1.29 is 13.2 Å². The summed E-state index contributed by atoms with van der Waals surface area (Å²) in [6, 6.07) is 4.61. The predicted molar refractivity (Wildman–Crippen MR) is 67.9 cm³/mol. The van der Waals surface area contributed by atoms with E-state index in [-0.39, 0.29) is 11.5 Å². The van der Waals surface area contributed by atoms with Crippen LogP contribution in [0.25, 0.3) is 0 Å². The van der Waals surface area contributed by atoms with Crippen LogP contribution in [0.5, 0.6) is 5.75 Å². The largest absolute Gasteiger partial charge is 0.487 e. The van der Waals surface area contributed by atoms with Gasteiger partial charge in [-0.1, -0.05) is 5.21 Å². The smallest absolute Gasteiger partial charge is 0.238 e. The first-order valence-corrected chi connectivity index (χ1v) is 7.02. The molecule has 0 saturated carbocycles. The van der Waals surface area contributed by atoms with E-state index in [9.17, 15) is 8.42 Å². The molecule has 102 valence electrons. The third-order valence-corrected chi connectivity index (χ3v) is 3.56. The highest BCUT2D eigenvalue weighted by molar-refractivity contribution is 7.89. The second kappa shape index (κ2) is 4.98. The van der Waals surface area contributed by atoms with Gasteiger partial charge in [0.2, 0.25) is 10.0 Å². The molecule has 0 fully saturated rings. The third kappa shape index (κ3) is 3.30. The molecule has 0 bridgehead atoms. The van der Waals surface area contributed by atoms with E-state index in [2.05, 4.69) is 10.3 Å². The maximum atomic E-state index is 11.3. The van der Waals surface area contributed by atoms with Crippen LogP contribution in [0.3, 0.4) is 0 Å². The Bertz CT molecular complexity index is 694. The Morgan fingerprint density at radius 1 is 1.42 bits per heavy atom. The molecule has 19 heavy (non-hydrogen) atoms. The highest BCUT2D eigenvalue weighted by Crippen LogP contribution is 2.20. The van der Waals surface area contributed by atoms with E-state index in [1.807, 2.05) is 0 Å². The van der Waals surface area contributed by atoms with E-state index >= 15 is 0 Å². The molecule has 0 aliphatic heterocycles. The summed E-state index contributed by atoms with van der Waals surface area (Å²) in [4.78, 5) is 0.0966. The highest BCUT2D eigenvalue weighted by Gasteiger charge is 2.12. The maximum absolute atomic E-state index is 11.3. The lowest BCUT2D eigenvalue weighted by atomic mass is 10.2. The molecule has 0 spiro atoms. The highest BCUT2D eigenvalue weighted by atomic mass is 32.2. The molecule has 2 aromatic rings. The van der Waals surface area contributed by atoms with Crippen molar-refractivity contribution in [3.8, 4) is 5.75 Å². The summed E-state index contributed by atoms with van der Waals surface area (Å²) >= 11 is 0. The number of aromatic nitrogens is 3. The first-order valence-electron chi connectivity index (χ1n) is 5.48. The SMILES string of the molecule is Cc1cc(OCc2cn(C)nn2)ccc1S(N)(=O)=O. The summed E-state index contributed by atoms with van der Waals surface area (Å²) in [5.74, 6) is 0.551. The van der Waals surface area contributed by atoms with Crippen molar-refractivity contribution in [2.45, 2.75) is 18.4 Å². The monoisotopic (exact) mass is 282 g/mol. The van der Waals surface area contributed by atoms with Gasteiger partial charge >= 0.3 is 0 Å².